The summed E-state index contributed by atoms with van der Waals surface area (Å²) in [4.78, 5) is 2.79. The van der Waals surface area contributed by atoms with Crippen LogP contribution < -0.4 is 0 Å². The van der Waals surface area contributed by atoms with Crippen molar-refractivity contribution in [2.24, 2.45) is 11.8 Å². The molecule has 98 valence electrons. The maximum Gasteiger partial charge on any atom is 0.0239 e. The predicted molar refractivity (Wildman–Crippen MR) is 76.4 cm³/mol. The van der Waals surface area contributed by atoms with E-state index in [2.05, 4.69) is 49.1 Å². The molecule has 0 saturated carbocycles. The van der Waals surface area contributed by atoms with Gasteiger partial charge in [0.15, 0.2) is 0 Å². The van der Waals surface area contributed by atoms with E-state index in [9.17, 15) is 0 Å². The van der Waals surface area contributed by atoms with Gasteiger partial charge in [0.1, 0.15) is 0 Å². The molecule has 18 heavy (non-hydrogen) atoms. The van der Waals surface area contributed by atoms with Crippen molar-refractivity contribution in [2.45, 2.75) is 58.2 Å². The molecule has 0 aliphatic carbocycles. The molecule has 0 amide bonds. The van der Waals surface area contributed by atoms with Gasteiger partial charge in [0.2, 0.25) is 0 Å². The summed E-state index contributed by atoms with van der Waals surface area (Å²) in [5, 5.41) is 0. The van der Waals surface area contributed by atoms with Crippen molar-refractivity contribution >= 4 is 0 Å². The molecule has 0 radical (unpaired) electrons. The molecule has 3 rings (SSSR count). The lowest BCUT2D eigenvalue weighted by Gasteiger charge is -2.40. The maximum atomic E-state index is 2.79. The van der Waals surface area contributed by atoms with Crippen LogP contribution >= 0.6 is 0 Å². The first-order valence-corrected chi connectivity index (χ1v) is 7.53. The zero-order chi connectivity index (χ0) is 12.5. The third-order valence-electron chi connectivity index (χ3n) is 5.07. The van der Waals surface area contributed by atoms with E-state index >= 15 is 0 Å². The SMILES string of the molecule is CC(C)C1C[C@H]2CC[C@@H](C1)N2Cc1ccccc1. The topological polar surface area (TPSA) is 3.24 Å². The minimum Gasteiger partial charge on any atom is -0.293 e. The third-order valence-corrected chi connectivity index (χ3v) is 5.07. The Morgan fingerprint density at radius 1 is 1.06 bits per heavy atom. The van der Waals surface area contributed by atoms with Crippen LogP contribution in [0.4, 0.5) is 0 Å². The fraction of sp³-hybridized carbons (Fsp3) is 0.647. The highest BCUT2D eigenvalue weighted by molar-refractivity contribution is 5.15. The molecule has 2 saturated heterocycles. The molecule has 2 heterocycles. The average Bonchev–Trinajstić information content (AvgIpc) is 2.62. The molecule has 1 unspecified atom stereocenters. The number of nitrogens with zero attached hydrogens (tertiary/aromatic N) is 1. The lowest BCUT2D eigenvalue weighted by molar-refractivity contribution is 0.0786. The Morgan fingerprint density at radius 2 is 1.67 bits per heavy atom. The Bertz CT molecular complexity index is 370. The first-order valence-electron chi connectivity index (χ1n) is 7.53. The molecule has 0 aromatic heterocycles. The second kappa shape index (κ2) is 5.05. The smallest absolute Gasteiger partial charge is 0.0239 e. The van der Waals surface area contributed by atoms with Crippen molar-refractivity contribution in [1.29, 1.82) is 0 Å². The first-order chi connectivity index (χ1) is 8.74. The van der Waals surface area contributed by atoms with Gasteiger partial charge in [-0.25, -0.2) is 0 Å². The van der Waals surface area contributed by atoms with Crippen molar-refractivity contribution in [3.05, 3.63) is 35.9 Å². The van der Waals surface area contributed by atoms with Gasteiger partial charge in [-0.15, -0.1) is 0 Å². The van der Waals surface area contributed by atoms with Gasteiger partial charge in [0.05, 0.1) is 0 Å². The normalized spacial score (nSPS) is 32.1. The van der Waals surface area contributed by atoms with Crippen LogP contribution in [-0.4, -0.2) is 17.0 Å². The summed E-state index contributed by atoms with van der Waals surface area (Å²) in [6, 6.07) is 12.7. The highest BCUT2D eigenvalue weighted by atomic mass is 15.2. The lowest BCUT2D eigenvalue weighted by Crippen LogP contribution is -2.43. The number of hydrogen-bond acceptors (Lipinski definition) is 1. The summed E-state index contributed by atoms with van der Waals surface area (Å²) in [5.74, 6) is 1.83. The second-order valence-corrected chi connectivity index (χ2v) is 6.52. The molecule has 2 bridgehead atoms. The Balaban J connectivity index is 1.69. The molecule has 1 aromatic carbocycles. The van der Waals surface area contributed by atoms with Gasteiger partial charge in [0, 0.05) is 18.6 Å². The Kier molecular flexibility index (Phi) is 3.43. The monoisotopic (exact) mass is 243 g/mol. The highest BCUT2D eigenvalue weighted by Gasteiger charge is 2.40. The molecule has 0 N–H and O–H groups in total. The Labute approximate surface area is 111 Å². The van der Waals surface area contributed by atoms with Gasteiger partial charge in [-0.1, -0.05) is 44.2 Å². The van der Waals surface area contributed by atoms with Gasteiger partial charge in [0.25, 0.3) is 0 Å². The van der Waals surface area contributed by atoms with E-state index in [0.29, 0.717) is 0 Å². The molecule has 2 aliphatic heterocycles. The maximum absolute atomic E-state index is 2.79. The van der Waals surface area contributed by atoms with Crippen molar-refractivity contribution in [1.82, 2.24) is 4.90 Å². The Hall–Kier alpha value is -0.820. The molecule has 0 spiro atoms. The van der Waals surface area contributed by atoms with Gasteiger partial charge in [-0.05, 0) is 43.1 Å². The summed E-state index contributed by atoms with van der Waals surface area (Å²) in [5.41, 5.74) is 1.48. The number of piperidine rings is 1. The van der Waals surface area contributed by atoms with Crippen molar-refractivity contribution in [2.75, 3.05) is 0 Å². The van der Waals surface area contributed by atoms with Crippen LogP contribution in [0.3, 0.4) is 0 Å². The van der Waals surface area contributed by atoms with Gasteiger partial charge in [-0.2, -0.15) is 0 Å². The summed E-state index contributed by atoms with van der Waals surface area (Å²) in [6.45, 7) is 5.97. The molecule has 1 nitrogen and oxygen atoms in total. The number of fused-ring (bicyclic) bond motifs is 2. The van der Waals surface area contributed by atoms with Crippen molar-refractivity contribution in [3.8, 4) is 0 Å². The third kappa shape index (κ3) is 2.33. The lowest BCUT2D eigenvalue weighted by atomic mass is 9.82. The molecular weight excluding hydrogens is 218 g/mol. The van der Waals surface area contributed by atoms with Crippen LogP contribution in [0.5, 0.6) is 0 Å². The van der Waals surface area contributed by atoms with Crippen LogP contribution in [0, 0.1) is 11.8 Å². The largest absolute Gasteiger partial charge is 0.293 e. The van der Waals surface area contributed by atoms with E-state index < -0.39 is 0 Å². The fourth-order valence-corrected chi connectivity index (χ4v) is 3.91. The van der Waals surface area contributed by atoms with Crippen LogP contribution in [-0.2, 0) is 6.54 Å². The number of hydrogen-bond donors (Lipinski definition) is 0. The van der Waals surface area contributed by atoms with Crippen LogP contribution in [0.15, 0.2) is 30.3 Å². The van der Waals surface area contributed by atoms with Gasteiger partial charge in [-0.3, -0.25) is 4.90 Å². The minimum absolute atomic E-state index is 0.858. The van der Waals surface area contributed by atoms with Crippen molar-refractivity contribution in [3.63, 3.8) is 0 Å². The predicted octanol–water partition coefficient (Wildman–Crippen LogP) is 4.09. The van der Waals surface area contributed by atoms with E-state index in [1.807, 2.05) is 0 Å². The summed E-state index contributed by atoms with van der Waals surface area (Å²) in [7, 11) is 0. The minimum atomic E-state index is 0.858. The van der Waals surface area contributed by atoms with E-state index in [0.717, 1.165) is 23.9 Å². The standard InChI is InChI=1S/C17H25N/c1-13(2)15-10-16-8-9-17(11-15)18(16)12-14-6-4-3-5-7-14/h3-7,13,15-17H,8-12H2,1-2H3/t15?,16-,17+. The summed E-state index contributed by atoms with van der Waals surface area (Å²) < 4.78 is 0. The number of rotatable bonds is 3. The van der Waals surface area contributed by atoms with Crippen molar-refractivity contribution < 1.29 is 0 Å². The number of benzene rings is 1. The van der Waals surface area contributed by atoms with E-state index in [4.69, 9.17) is 0 Å². The van der Waals surface area contributed by atoms with E-state index in [1.165, 1.54) is 37.8 Å². The first kappa shape index (κ1) is 12.2. The Morgan fingerprint density at radius 3 is 2.22 bits per heavy atom. The molecule has 2 fully saturated rings. The van der Waals surface area contributed by atoms with E-state index in [-0.39, 0.29) is 0 Å². The van der Waals surface area contributed by atoms with E-state index in [1.54, 1.807) is 0 Å². The second-order valence-electron chi connectivity index (χ2n) is 6.52. The van der Waals surface area contributed by atoms with Crippen LogP contribution in [0.2, 0.25) is 0 Å². The summed E-state index contributed by atoms with van der Waals surface area (Å²) >= 11 is 0. The quantitative estimate of drug-likeness (QED) is 0.773. The fourth-order valence-electron chi connectivity index (χ4n) is 3.91. The zero-order valence-electron chi connectivity index (χ0n) is 11.7. The van der Waals surface area contributed by atoms with Gasteiger partial charge < -0.3 is 0 Å². The molecular formula is C17H25N. The highest BCUT2D eigenvalue weighted by Crippen LogP contribution is 2.41. The van der Waals surface area contributed by atoms with Crippen LogP contribution in [0.1, 0.15) is 45.1 Å². The molecule has 1 heteroatoms. The average molecular weight is 243 g/mol. The van der Waals surface area contributed by atoms with Crippen LogP contribution in [0.25, 0.3) is 0 Å². The van der Waals surface area contributed by atoms with Gasteiger partial charge >= 0.3 is 0 Å². The molecule has 1 aromatic rings. The molecule has 2 aliphatic rings. The molecule has 3 atom stereocenters. The summed E-state index contributed by atoms with van der Waals surface area (Å²) in [6.07, 6.45) is 5.73. The zero-order valence-corrected chi connectivity index (χ0v) is 11.7.